The van der Waals surface area contributed by atoms with Crippen molar-refractivity contribution in [1.82, 2.24) is 4.90 Å². The van der Waals surface area contributed by atoms with Crippen molar-refractivity contribution in [2.45, 2.75) is 6.18 Å². The molecule has 0 aliphatic carbocycles. The summed E-state index contributed by atoms with van der Waals surface area (Å²) in [5.41, 5.74) is -0.0739. The first-order chi connectivity index (χ1) is 22.3. The van der Waals surface area contributed by atoms with Gasteiger partial charge in [0.25, 0.3) is 0 Å². The number of carbonyl (C=O) groups is 1. The van der Waals surface area contributed by atoms with Crippen LogP contribution in [0.2, 0.25) is 0 Å². The van der Waals surface area contributed by atoms with Gasteiger partial charge in [0.1, 0.15) is 6.61 Å². The number of halogens is 3. The van der Waals surface area contributed by atoms with E-state index >= 15 is 0 Å². The number of esters is 1. The summed E-state index contributed by atoms with van der Waals surface area (Å²) < 4.78 is 82.4. The van der Waals surface area contributed by atoms with Gasteiger partial charge in [0.15, 0.2) is 0 Å². The topological polar surface area (TPSA) is 106 Å². The van der Waals surface area contributed by atoms with Crippen LogP contribution in [0.15, 0.2) is 48.5 Å². The maximum Gasteiger partial charge on any atom is 0.416 e. The molecule has 1 N–H and O–H groups in total. The molecule has 0 aromatic heterocycles. The lowest BCUT2D eigenvalue weighted by molar-refractivity contribution is -0.137. The lowest BCUT2D eigenvalue weighted by atomic mass is 10.1. The van der Waals surface area contributed by atoms with Gasteiger partial charge in [-0.2, -0.15) is 13.2 Å². The fourth-order valence-corrected chi connectivity index (χ4v) is 3.64. The Morgan fingerprint density at radius 2 is 1.09 bits per heavy atom. The normalized spacial score (nSPS) is 11.7. The molecule has 2 rings (SSSR count). The molecule has 0 spiro atoms. The fraction of sp³-hybridized carbons (Fsp3) is 0.594. The summed E-state index contributed by atoms with van der Waals surface area (Å²) in [6.45, 7) is 7.24. The van der Waals surface area contributed by atoms with Gasteiger partial charge in [0.2, 0.25) is 0 Å². The second kappa shape index (κ2) is 24.4. The van der Waals surface area contributed by atoms with Gasteiger partial charge in [-0.25, -0.2) is 4.79 Å². The number of likely N-dealkylation sites (N-methyl/N-ethyl adjacent to an activating group) is 1. The standard InChI is InChI=1S/C32H47F3N2O9/c1-37(2)10-11-39-12-13-40-14-15-41-16-17-42-18-19-43-20-21-44-22-23-45-24-25-46-31(38)29-8-3-4-9-30(29)36-28-7-5-6-27(26-28)32(33,34)35/h3-9,26,36H,10-25H2,1-2H3. The molecule has 260 valence electrons. The van der Waals surface area contributed by atoms with Crippen LogP contribution in [-0.2, 0) is 44.1 Å². The third kappa shape index (κ3) is 19.0. The monoisotopic (exact) mass is 660 g/mol. The molecule has 0 fully saturated rings. The number of ether oxygens (including phenoxy) is 8. The molecular weight excluding hydrogens is 613 g/mol. The summed E-state index contributed by atoms with van der Waals surface area (Å²) in [5, 5.41) is 2.86. The Morgan fingerprint density at radius 1 is 0.630 bits per heavy atom. The maximum atomic E-state index is 13.0. The SMILES string of the molecule is CN(C)CCOCCOCCOCCOCCOCCOCCOCCOC(=O)c1ccccc1Nc1cccc(C(F)(F)F)c1. The number of anilines is 2. The van der Waals surface area contributed by atoms with Crippen molar-refractivity contribution in [3.8, 4) is 0 Å². The van der Waals surface area contributed by atoms with Gasteiger partial charge in [-0.3, -0.25) is 0 Å². The van der Waals surface area contributed by atoms with Crippen LogP contribution < -0.4 is 5.32 Å². The summed E-state index contributed by atoms with van der Waals surface area (Å²) in [6, 6.07) is 11.1. The first-order valence-electron chi connectivity index (χ1n) is 15.2. The van der Waals surface area contributed by atoms with Gasteiger partial charge < -0.3 is 48.1 Å². The van der Waals surface area contributed by atoms with Crippen molar-refractivity contribution in [2.24, 2.45) is 0 Å². The highest BCUT2D eigenvalue weighted by atomic mass is 19.4. The van der Waals surface area contributed by atoms with Gasteiger partial charge >= 0.3 is 12.1 Å². The van der Waals surface area contributed by atoms with E-state index in [-0.39, 0.29) is 24.5 Å². The van der Waals surface area contributed by atoms with E-state index in [2.05, 4.69) is 10.2 Å². The third-order valence-electron chi connectivity index (χ3n) is 5.99. The van der Waals surface area contributed by atoms with E-state index in [1.165, 1.54) is 18.2 Å². The van der Waals surface area contributed by atoms with Gasteiger partial charge in [0, 0.05) is 12.2 Å². The molecule has 0 bridgehead atoms. The van der Waals surface area contributed by atoms with Crippen LogP contribution in [0.25, 0.3) is 0 Å². The first-order valence-corrected chi connectivity index (χ1v) is 15.2. The molecule has 0 aliphatic heterocycles. The van der Waals surface area contributed by atoms with Crippen molar-refractivity contribution in [3.63, 3.8) is 0 Å². The summed E-state index contributed by atoms with van der Waals surface area (Å²) in [7, 11) is 4.01. The molecule has 46 heavy (non-hydrogen) atoms. The molecular formula is C32H47F3N2O9. The maximum absolute atomic E-state index is 13.0. The van der Waals surface area contributed by atoms with Gasteiger partial charge in [-0.1, -0.05) is 18.2 Å². The van der Waals surface area contributed by atoms with Crippen LogP contribution in [0.3, 0.4) is 0 Å². The van der Waals surface area contributed by atoms with E-state index in [0.29, 0.717) is 91.6 Å². The Morgan fingerprint density at radius 3 is 1.57 bits per heavy atom. The fourth-order valence-electron chi connectivity index (χ4n) is 3.64. The zero-order valence-electron chi connectivity index (χ0n) is 26.7. The second-order valence-corrected chi connectivity index (χ2v) is 9.97. The van der Waals surface area contributed by atoms with Gasteiger partial charge in [-0.15, -0.1) is 0 Å². The molecule has 0 radical (unpaired) electrons. The average molecular weight is 661 g/mol. The minimum atomic E-state index is -4.47. The molecule has 0 saturated carbocycles. The average Bonchev–Trinajstić information content (AvgIpc) is 3.03. The Balaban J connectivity index is 1.39. The predicted molar refractivity (Wildman–Crippen MR) is 166 cm³/mol. The van der Waals surface area contributed by atoms with Crippen LogP contribution >= 0.6 is 0 Å². The van der Waals surface area contributed by atoms with Crippen LogP contribution in [-0.4, -0.2) is 131 Å². The van der Waals surface area contributed by atoms with E-state index in [4.69, 9.17) is 37.9 Å². The van der Waals surface area contributed by atoms with Crippen molar-refractivity contribution in [3.05, 3.63) is 59.7 Å². The molecule has 0 unspecified atom stereocenters. The molecule has 0 atom stereocenters. The second-order valence-electron chi connectivity index (χ2n) is 9.97. The van der Waals surface area contributed by atoms with E-state index in [0.717, 1.165) is 18.7 Å². The van der Waals surface area contributed by atoms with Crippen LogP contribution in [0, 0.1) is 0 Å². The van der Waals surface area contributed by atoms with Crippen LogP contribution in [0.5, 0.6) is 0 Å². The molecule has 2 aromatic rings. The lowest BCUT2D eigenvalue weighted by Gasteiger charge is -2.13. The molecule has 0 heterocycles. The Labute approximate surface area is 269 Å². The minimum Gasteiger partial charge on any atom is -0.460 e. The van der Waals surface area contributed by atoms with Gasteiger partial charge in [-0.05, 0) is 44.4 Å². The number of hydrogen-bond donors (Lipinski definition) is 1. The van der Waals surface area contributed by atoms with Crippen LogP contribution in [0.1, 0.15) is 15.9 Å². The first kappa shape index (κ1) is 39.4. The summed E-state index contributed by atoms with van der Waals surface area (Å²) in [6.07, 6.45) is -4.47. The highest BCUT2D eigenvalue weighted by Crippen LogP contribution is 2.32. The molecule has 11 nitrogen and oxygen atoms in total. The number of rotatable bonds is 27. The zero-order chi connectivity index (χ0) is 33.3. The largest absolute Gasteiger partial charge is 0.460 e. The number of carbonyl (C=O) groups excluding carboxylic acids is 1. The van der Waals surface area contributed by atoms with E-state index in [1.807, 2.05) is 14.1 Å². The molecule has 0 aliphatic rings. The molecule has 2 aromatic carbocycles. The number of hydrogen-bond acceptors (Lipinski definition) is 11. The zero-order valence-corrected chi connectivity index (χ0v) is 26.7. The molecule has 0 amide bonds. The highest BCUT2D eigenvalue weighted by Gasteiger charge is 2.30. The lowest BCUT2D eigenvalue weighted by Crippen LogP contribution is -2.19. The van der Waals surface area contributed by atoms with E-state index in [1.54, 1.807) is 18.2 Å². The highest BCUT2D eigenvalue weighted by molar-refractivity contribution is 5.96. The number of nitrogens with zero attached hydrogens (tertiary/aromatic N) is 1. The molecule has 14 heteroatoms. The van der Waals surface area contributed by atoms with E-state index < -0.39 is 17.7 Å². The van der Waals surface area contributed by atoms with Crippen molar-refractivity contribution >= 4 is 17.3 Å². The van der Waals surface area contributed by atoms with Gasteiger partial charge in [0.05, 0.1) is 109 Å². The third-order valence-corrected chi connectivity index (χ3v) is 5.99. The van der Waals surface area contributed by atoms with E-state index in [9.17, 15) is 18.0 Å². The summed E-state index contributed by atoms with van der Waals surface area (Å²) in [4.78, 5) is 14.6. The predicted octanol–water partition coefficient (Wildman–Crippen LogP) is 4.28. The summed E-state index contributed by atoms with van der Waals surface area (Å²) >= 11 is 0. The number of para-hydroxylation sites is 1. The Hall–Kier alpha value is -2.82. The Bertz CT molecular complexity index is 1080. The number of alkyl halides is 3. The minimum absolute atomic E-state index is 0.00555. The quantitative estimate of drug-likeness (QED) is 0.110. The van der Waals surface area contributed by atoms with Crippen molar-refractivity contribution in [1.29, 1.82) is 0 Å². The summed E-state index contributed by atoms with van der Waals surface area (Å²) in [5.74, 6) is -0.624. The number of nitrogens with one attached hydrogen (secondary N) is 1. The Kier molecular flexibility index (Phi) is 20.8. The van der Waals surface area contributed by atoms with Crippen molar-refractivity contribution in [2.75, 3.05) is 125 Å². The van der Waals surface area contributed by atoms with Crippen LogP contribution in [0.4, 0.5) is 24.5 Å². The molecule has 0 saturated heterocycles. The number of benzene rings is 2. The smallest absolute Gasteiger partial charge is 0.416 e. The van der Waals surface area contributed by atoms with Crippen molar-refractivity contribution < 1.29 is 55.9 Å².